The number of carbonyl (C=O) groups is 1. The van der Waals surface area contributed by atoms with Crippen molar-refractivity contribution in [2.24, 2.45) is 0 Å². The van der Waals surface area contributed by atoms with Crippen LogP contribution in [0.15, 0.2) is 65.3 Å². The van der Waals surface area contributed by atoms with E-state index in [0.717, 1.165) is 60.5 Å². The second-order valence-electron chi connectivity index (χ2n) is 7.93. The van der Waals surface area contributed by atoms with Crippen LogP contribution in [0, 0.1) is 0 Å². The van der Waals surface area contributed by atoms with Crippen molar-refractivity contribution < 1.29 is 13.9 Å². The van der Waals surface area contributed by atoms with Gasteiger partial charge in [-0.15, -0.1) is 0 Å². The summed E-state index contributed by atoms with van der Waals surface area (Å²) in [5.41, 5.74) is 3.31. The predicted molar refractivity (Wildman–Crippen MR) is 128 cm³/mol. The number of rotatable bonds is 7. The zero-order chi connectivity index (χ0) is 22.6. The lowest BCUT2D eigenvalue weighted by Crippen LogP contribution is -2.49. The number of nitrogens with zero attached hydrogens (tertiary/aromatic N) is 4. The monoisotopic (exact) mass is 463 g/mol. The Morgan fingerprint density at radius 1 is 1.09 bits per heavy atom. The molecule has 1 fully saturated rings. The van der Waals surface area contributed by atoms with Gasteiger partial charge in [0.2, 0.25) is 0 Å². The van der Waals surface area contributed by atoms with Crippen LogP contribution < -0.4 is 15.0 Å². The minimum absolute atomic E-state index is 0.0355. The molecule has 1 amide bonds. The van der Waals surface area contributed by atoms with Crippen LogP contribution in [0.2, 0.25) is 0 Å². The maximum Gasteiger partial charge on any atom is 0.251 e. The second-order valence-corrected chi connectivity index (χ2v) is 8.46. The Balaban J connectivity index is 1.24. The fraction of sp³-hybridized carbons (Fsp3) is 0.292. The molecule has 2 aromatic carbocycles. The van der Waals surface area contributed by atoms with Gasteiger partial charge in [0.1, 0.15) is 22.5 Å². The average Bonchev–Trinajstić information content (AvgIpc) is 3.56. The number of carbonyl (C=O) groups excluding carboxylic acids is 1. The highest BCUT2D eigenvalue weighted by molar-refractivity contribution is 7.00. The lowest BCUT2D eigenvalue weighted by molar-refractivity contribution is 0.0923. The number of fused-ring (bicyclic) bond motifs is 1. The molecule has 1 N–H and O–H groups in total. The van der Waals surface area contributed by atoms with Crippen LogP contribution in [0.5, 0.6) is 5.75 Å². The molecule has 0 spiro atoms. The number of nitrogens with one attached hydrogen (secondary N) is 1. The number of amides is 1. The van der Waals surface area contributed by atoms with Gasteiger partial charge in [0.05, 0.1) is 31.1 Å². The van der Waals surface area contributed by atoms with E-state index in [4.69, 9.17) is 9.15 Å². The Kier molecular flexibility index (Phi) is 6.23. The Hall–Kier alpha value is -3.43. The number of anilines is 1. The van der Waals surface area contributed by atoms with Gasteiger partial charge in [-0.2, -0.15) is 8.75 Å². The third kappa shape index (κ3) is 4.69. The van der Waals surface area contributed by atoms with Crippen molar-refractivity contribution in [1.82, 2.24) is 19.0 Å². The lowest BCUT2D eigenvalue weighted by Gasteiger charge is -2.39. The third-order valence-electron chi connectivity index (χ3n) is 6.04. The molecule has 1 aliphatic rings. The zero-order valence-electron chi connectivity index (χ0n) is 18.3. The average molecular weight is 464 g/mol. The van der Waals surface area contributed by atoms with Crippen LogP contribution in [-0.4, -0.2) is 59.4 Å². The van der Waals surface area contributed by atoms with Crippen molar-refractivity contribution in [3.8, 4) is 5.75 Å². The van der Waals surface area contributed by atoms with E-state index < -0.39 is 0 Å². The SMILES string of the molecule is COc1ccc(N2CCN([C@H](CNC(=O)c3ccc4nsnc4c3)c3ccco3)CC2)cc1. The van der Waals surface area contributed by atoms with Crippen LogP contribution in [0.3, 0.4) is 0 Å². The molecule has 170 valence electrons. The summed E-state index contributed by atoms with van der Waals surface area (Å²) in [6.07, 6.45) is 1.68. The van der Waals surface area contributed by atoms with E-state index in [1.807, 2.05) is 30.3 Å². The fourth-order valence-electron chi connectivity index (χ4n) is 4.19. The number of hydrogen-bond acceptors (Lipinski definition) is 8. The summed E-state index contributed by atoms with van der Waals surface area (Å²) in [6, 6.07) is 17.4. The summed E-state index contributed by atoms with van der Waals surface area (Å²) in [4.78, 5) is 17.6. The largest absolute Gasteiger partial charge is 0.497 e. The molecule has 1 saturated heterocycles. The molecule has 33 heavy (non-hydrogen) atoms. The normalized spacial score (nSPS) is 15.5. The van der Waals surface area contributed by atoms with Gasteiger partial charge in [-0.1, -0.05) is 0 Å². The van der Waals surface area contributed by atoms with E-state index in [9.17, 15) is 4.79 Å². The van der Waals surface area contributed by atoms with Gasteiger partial charge in [0.15, 0.2) is 0 Å². The summed E-state index contributed by atoms with van der Waals surface area (Å²) in [7, 11) is 1.68. The molecular formula is C24H25N5O3S. The van der Waals surface area contributed by atoms with Crippen molar-refractivity contribution in [3.63, 3.8) is 0 Å². The van der Waals surface area contributed by atoms with Crippen molar-refractivity contribution in [2.45, 2.75) is 6.04 Å². The first-order valence-corrected chi connectivity index (χ1v) is 11.6. The first-order valence-electron chi connectivity index (χ1n) is 10.9. The van der Waals surface area contributed by atoms with Gasteiger partial charge in [-0.3, -0.25) is 9.69 Å². The summed E-state index contributed by atoms with van der Waals surface area (Å²) >= 11 is 1.15. The van der Waals surface area contributed by atoms with E-state index in [1.54, 1.807) is 25.5 Å². The number of piperazine rings is 1. The van der Waals surface area contributed by atoms with Crippen molar-refractivity contribution in [2.75, 3.05) is 44.7 Å². The Morgan fingerprint density at radius 3 is 2.61 bits per heavy atom. The van der Waals surface area contributed by atoms with Crippen LogP contribution in [0.4, 0.5) is 5.69 Å². The number of ether oxygens (including phenoxy) is 1. The van der Waals surface area contributed by atoms with Crippen LogP contribution in [-0.2, 0) is 0 Å². The topological polar surface area (TPSA) is 83.7 Å². The van der Waals surface area contributed by atoms with E-state index in [2.05, 4.69) is 36.0 Å². The first kappa shape index (κ1) is 21.4. The summed E-state index contributed by atoms with van der Waals surface area (Å²) in [5, 5.41) is 3.08. The maximum absolute atomic E-state index is 12.8. The van der Waals surface area contributed by atoms with Gasteiger partial charge in [0, 0.05) is 44.0 Å². The van der Waals surface area contributed by atoms with Crippen molar-refractivity contribution in [1.29, 1.82) is 0 Å². The molecule has 1 atom stereocenters. The molecule has 0 radical (unpaired) electrons. The maximum atomic E-state index is 12.8. The third-order valence-corrected chi connectivity index (χ3v) is 6.59. The molecule has 0 saturated carbocycles. The standard InChI is InChI=1S/C24H25N5O3S/c1-31-19-7-5-18(6-8-19)28-10-12-29(13-11-28)22(23-3-2-14-32-23)16-25-24(30)17-4-9-20-21(15-17)27-33-26-20/h2-9,14-15,22H,10-13,16H2,1H3,(H,25,30)/t22-/m1/s1. The molecule has 4 aromatic rings. The van der Waals surface area contributed by atoms with Gasteiger partial charge in [-0.25, -0.2) is 0 Å². The summed E-state index contributed by atoms with van der Waals surface area (Å²) < 4.78 is 19.4. The molecule has 3 heterocycles. The smallest absolute Gasteiger partial charge is 0.251 e. The number of benzene rings is 2. The quantitative estimate of drug-likeness (QED) is 0.448. The van der Waals surface area contributed by atoms with Crippen molar-refractivity contribution in [3.05, 3.63) is 72.2 Å². The number of methoxy groups -OCH3 is 1. The second kappa shape index (κ2) is 9.60. The zero-order valence-corrected chi connectivity index (χ0v) is 19.1. The lowest BCUT2D eigenvalue weighted by atomic mass is 10.1. The summed E-state index contributed by atoms with van der Waals surface area (Å²) in [6.45, 7) is 3.98. The van der Waals surface area contributed by atoms with Crippen LogP contribution in [0.25, 0.3) is 11.0 Å². The van der Waals surface area contributed by atoms with Gasteiger partial charge >= 0.3 is 0 Å². The Morgan fingerprint density at radius 2 is 1.88 bits per heavy atom. The van der Waals surface area contributed by atoms with Crippen LogP contribution >= 0.6 is 11.7 Å². The Labute approximate surface area is 196 Å². The molecule has 2 aromatic heterocycles. The van der Waals surface area contributed by atoms with E-state index in [1.165, 1.54) is 5.69 Å². The summed E-state index contributed by atoms with van der Waals surface area (Å²) in [5.74, 6) is 1.59. The van der Waals surface area contributed by atoms with E-state index >= 15 is 0 Å². The number of hydrogen-bond donors (Lipinski definition) is 1. The minimum Gasteiger partial charge on any atom is -0.497 e. The first-order chi connectivity index (χ1) is 16.2. The minimum atomic E-state index is -0.127. The van der Waals surface area contributed by atoms with Gasteiger partial charge < -0.3 is 19.4 Å². The Bertz CT molecular complexity index is 1200. The molecule has 0 unspecified atom stereocenters. The number of furan rings is 1. The molecule has 1 aliphatic heterocycles. The van der Waals surface area contributed by atoms with Crippen LogP contribution in [0.1, 0.15) is 22.2 Å². The molecular weight excluding hydrogens is 438 g/mol. The highest BCUT2D eigenvalue weighted by Crippen LogP contribution is 2.25. The van der Waals surface area contributed by atoms with E-state index in [0.29, 0.717) is 12.1 Å². The van der Waals surface area contributed by atoms with Gasteiger partial charge in [-0.05, 0) is 54.6 Å². The van der Waals surface area contributed by atoms with E-state index in [-0.39, 0.29) is 11.9 Å². The fourth-order valence-corrected chi connectivity index (χ4v) is 4.71. The molecule has 5 rings (SSSR count). The predicted octanol–water partition coefficient (Wildman–Crippen LogP) is 3.59. The highest BCUT2D eigenvalue weighted by Gasteiger charge is 2.27. The van der Waals surface area contributed by atoms with Crippen molar-refractivity contribution >= 4 is 34.4 Å². The molecule has 0 bridgehead atoms. The molecule has 0 aliphatic carbocycles. The molecule has 9 heteroatoms. The van der Waals surface area contributed by atoms with Gasteiger partial charge in [0.25, 0.3) is 5.91 Å². The highest BCUT2D eigenvalue weighted by atomic mass is 32.1. The molecule has 8 nitrogen and oxygen atoms in total. The number of aromatic nitrogens is 2.